The van der Waals surface area contributed by atoms with Crippen LogP contribution < -0.4 is 0 Å². The predicted octanol–water partition coefficient (Wildman–Crippen LogP) is 13.0. The average molecular weight is 945 g/mol. The fourth-order valence-electron chi connectivity index (χ4n) is 6.80. The van der Waals surface area contributed by atoms with Crippen LogP contribution in [0.25, 0.3) is 0 Å². The maximum Gasteiger partial charge on any atom is 0.306 e. The quantitative estimate of drug-likeness (QED) is 0.0268. The minimum atomic E-state index is -1.56. The Labute approximate surface area is 412 Å². The van der Waals surface area contributed by atoms with Gasteiger partial charge in [0.05, 0.1) is 19.8 Å². The Kier molecular flexibility index (Phi) is 43.9. The summed E-state index contributed by atoms with van der Waals surface area (Å²) in [4.78, 5) is 12.9. The van der Waals surface area contributed by atoms with Crippen molar-refractivity contribution < 1.29 is 44.2 Å². The van der Waals surface area contributed by atoms with Gasteiger partial charge in [0.1, 0.15) is 30.5 Å². The Morgan fingerprint density at radius 3 is 1.28 bits per heavy atom. The standard InChI is InChI=1S/C59H92O9/c1-3-5-7-9-11-13-15-17-19-21-23-25-26-27-28-29-30-32-34-36-38-40-42-44-46-48-55(61)67-53(52-66-59-58(64)57(63)56(62)54(50-60)68-59)51-65-49-47-45-43-41-39-37-35-33-31-24-22-20-18-16-14-12-10-8-6-4-2/h5-8,11-14,17-20,23-25,27-28,30-32,35,37,41,43,53-54,56-60,62-64H,3-4,9-10,15-16,21-22,26,29,33-34,36,38-40,42,44-52H2,1-2H3/b7-5-,8-6-,13-11-,14-12-,19-17-,20-18-,25-23-,28-27-,31-24-,32-30-,37-35-,43-41-. The van der Waals surface area contributed by atoms with Crippen LogP contribution in [0.2, 0.25) is 0 Å². The number of esters is 1. The van der Waals surface area contributed by atoms with E-state index in [-0.39, 0.29) is 25.6 Å². The molecule has 4 N–H and O–H groups in total. The molecule has 0 aromatic carbocycles. The summed E-state index contributed by atoms with van der Waals surface area (Å²) in [6, 6.07) is 0. The summed E-state index contributed by atoms with van der Waals surface area (Å²) in [5.74, 6) is -0.355. The zero-order valence-corrected chi connectivity index (χ0v) is 42.0. The molecule has 6 unspecified atom stereocenters. The van der Waals surface area contributed by atoms with Crippen LogP contribution in [-0.4, -0.2) is 89.6 Å². The highest BCUT2D eigenvalue weighted by molar-refractivity contribution is 5.69. The van der Waals surface area contributed by atoms with Gasteiger partial charge in [-0.15, -0.1) is 0 Å². The lowest BCUT2D eigenvalue weighted by Crippen LogP contribution is -2.59. The third-order valence-electron chi connectivity index (χ3n) is 10.8. The molecule has 0 spiro atoms. The van der Waals surface area contributed by atoms with Crippen LogP contribution in [-0.2, 0) is 23.7 Å². The molecular formula is C59H92O9. The molecule has 0 aliphatic carbocycles. The van der Waals surface area contributed by atoms with Gasteiger partial charge >= 0.3 is 5.97 Å². The molecule has 9 heteroatoms. The topological polar surface area (TPSA) is 135 Å². The van der Waals surface area contributed by atoms with Gasteiger partial charge < -0.3 is 39.4 Å². The molecule has 0 amide bonds. The molecule has 1 fully saturated rings. The van der Waals surface area contributed by atoms with Gasteiger partial charge in [-0.3, -0.25) is 4.79 Å². The van der Waals surface area contributed by atoms with Crippen molar-refractivity contribution in [3.05, 3.63) is 146 Å². The van der Waals surface area contributed by atoms with E-state index in [1.807, 2.05) is 0 Å². The van der Waals surface area contributed by atoms with E-state index in [0.29, 0.717) is 6.61 Å². The highest BCUT2D eigenvalue weighted by atomic mass is 16.7. The Balaban J connectivity index is 2.29. The lowest BCUT2D eigenvalue weighted by molar-refractivity contribution is -0.305. The molecular weight excluding hydrogens is 853 g/mol. The van der Waals surface area contributed by atoms with E-state index >= 15 is 0 Å². The van der Waals surface area contributed by atoms with Crippen molar-refractivity contribution in [2.24, 2.45) is 0 Å². The van der Waals surface area contributed by atoms with Crippen molar-refractivity contribution in [1.82, 2.24) is 0 Å². The van der Waals surface area contributed by atoms with Gasteiger partial charge in [0.15, 0.2) is 6.29 Å². The van der Waals surface area contributed by atoms with Gasteiger partial charge in [-0.1, -0.05) is 185 Å². The number of unbranched alkanes of at least 4 members (excludes halogenated alkanes) is 7. The Morgan fingerprint density at radius 2 is 0.853 bits per heavy atom. The van der Waals surface area contributed by atoms with E-state index in [9.17, 15) is 25.2 Å². The third-order valence-corrected chi connectivity index (χ3v) is 10.8. The zero-order chi connectivity index (χ0) is 49.2. The largest absolute Gasteiger partial charge is 0.457 e. The fraction of sp³-hybridized carbons (Fsp3) is 0.576. The Hall–Kier alpha value is -3.93. The number of hydrogen-bond acceptors (Lipinski definition) is 9. The molecule has 1 rings (SSSR count). The van der Waals surface area contributed by atoms with Crippen LogP contribution in [0.5, 0.6) is 0 Å². The molecule has 0 aromatic rings. The first-order valence-corrected chi connectivity index (χ1v) is 25.9. The van der Waals surface area contributed by atoms with E-state index in [2.05, 4.69) is 160 Å². The maximum atomic E-state index is 12.9. The zero-order valence-electron chi connectivity index (χ0n) is 42.0. The number of aliphatic hydroxyl groups excluding tert-OH is 4. The molecule has 0 bridgehead atoms. The summed E-state index contributed by atoms with van der Waals surface area (Å²) in [6.45, 7) is 4.13. The number of allylic oxidation sites excluding steroid dienone is 24. The van der Waals surface area contributed by atoms with Crippen LogP contribution in [0, 0.1) is 0 Å². The predicted molar refractivity (Wildman–Crippen MR) is 283 cm³/mol. The molecule has 1 saturated heterocycles. The first-order valence-electron chi connectivity index (χ1n) is 25.9. The third kappa shape index (κ3) is 38.0. The smallest absolute Gasteiger partial charge is 0.306 e. The number of aliphatic hydroxyl groups is 4. The second kappa shape index (κ2) is 48.1. The van der Waals surface area contributed by atoms with Crippen molar-refractivity contribution in [3.8, 4) is 0 Å². The van der Waals surface area contributed by atoms with Gasteiger partial charge in [-0.2, -0.15) is 0 Å². The second-order valence-corrected chi connectivity index (χ2v) is 16.8. The van der Waals surface area contributed by atoms with E-state index in [1.165, 1.54) is 0 Å². The summed E-state index contributed by atoms with van der Waals surface area (Å²) >= 11 is 0. The molecule has 0 aromatic heterocycles. The highest BCUT2D eigenvalue weighted by Gasteiger charge is 2.44. The maximum absolute atomic E-state index is 12.9. The van der Waals surface area contributed by atoms with Crippen molar-refractivity contribution in [2.75, 3.05) is 26.4 Å². The summed E-state index contributed by atoms with van der Waals surface area (Å²) in [5.41, 5.74) is 0. The average Bonchev–Trinajstić information content (AvgIpc) is 3.34. The molecule has 1 heterocycles. The van der Waals surface area contributed by atoms with Gasteiger partial charge in [0.25, 0.3) is 0 Å². The summed E-state index contributed by atoms with van der Waals surface area (Å²) < 4.78 is 22.8. The summed E-state index contributed by atoms with van der Waals surface area (Å²) in [6.07, 6.45) is 66.0. The van der Waals surface area contributed by atoms with Gasteiger partial charge in [-0.25, -0.2) is 0 Å². The molecule has 6 atom stereocenters. The Bertz CT molecular complexity index is 1540. The molecule has 1 aliphatic rings. The van der Waals surface area contributed by atoms with E-state index in [4.69, 9.17) is 18.9 Å². The molecule has 0 saturated carbocycles. The Morgan fingerprint density at radius 1 is 0.471 bits per heavy atom. The second-order valence-electron chi connectivity index (χ2n) is 16.8. The van der Waals surface area contributed by atoms with E-state index < -0.39 is 43.4 Å². The molecule has 0 radical (unpaired) electrons. The van der Waals surface area contributed by atoms with Crippen LogP contribution in [0.3, 0.4) is 0 Å². The highest BCUT2D eigenvalue weighted by Crippen LogP contribution is 2.22. The fourth-order valence-corrected chi connectivity index (χ4v) is 6.80. The normalized spacial score (nSPS) is 20.4. The van der Waals surface area contributed by atoms with E-state index in [1.54, 1.807) is 0 Å². The number of carbonyl (C=O) groups is 1. The van der Waals surface area contributed by atoms with Crippen molar-refractivity contribution in [1.29, 1.82) is 0 Å². The number of carbonyl (C=O) groups excluding carboxylic acids is 1. The van der Waals surface area contributed by atoms with E-state index in [0.717, 1.165) is 135 Å². The minimum Gasteiger partial charge on any atom is -0.457 e. The lowest BCUT2D eigenvalue weighted by atomic mass is 9.99. The summed E-state index contributed by atoms with van der Waals surface area (Å²) in [5, 5.41) is 40.3. The minimum absolute atomic E-state index is 0.0870. The first kappa shape index (κ1) is 62.1. The molecule has 68 heavy (non-hydrogen) atoms. The van der Waals surface area contributed by atoms with Crippen LogP contribution in [0.4, 0.5) is 0 Å². The van der Waals surface area contributed by atoms with Crippen molar-refractivity contribution in [2.45, 2.75) is 192 Å². The monoisotopic (exact) mass is 945 g/mol. The van der Waals surface area contributed by atoms with Crippen LogP contribution in [0.1, 0.15) is 155 Å². The number of hydrogen-bond donors (Lipinski definition) is 4. The lowest BCUT2D eigenvalue weighted by Gasteiger charge is -2.39. The van der Waals surface area contributed by atoms with Gasteiger partial charge in [0, 0.05) is 13.0 Å². The summed E-state index contributed by atoms with van der Waals surface area (Å²) in [7, 11) is 0. The van der Waals surface area contributed by atoms with Crippen molar-refractivity contribution in [3.63, 3.8) is 0 Å². The van der Waals surface area contributed by atoms with Gasteiger partial charge in [0.2, 0.25) is 0 Å². The number of ether oxygens (including phenoxy) is 4. The van der Waals surface area contributed by atoms with Crippen LogP contribution in [0.15, 0.2) is 146 Å². The number of rotatable bonds is 42. The molecule has 1 aliphatic heterocycles. The SMILES string of the molecule is CC/C=C\C/C=C\C/C=C\C/C=C\C/C=C\C/C=C\CCCCCCCCC(=O)OC(COCCC/C=C\C/C=C\C/C=C\C/C=C\C/C=C\C/C=C\CC)COC1OC(CO)C(O)C(O)C1O. The van der Waals surface area contributed by atoms with Crippen molar-refractivity contribution >= 4 is 5.97 Å². The molecule has 382 valence electrons. The van der Waals surface area contributed by atoms with Gasteiger partial charge in [-0.05, 0) is 109 Å². The first-order chi connectivity index (χ1) is 33.4. The molecule has 9 nitrogen and oxygen atoms in total. The van der Waals surface area contributed by atoms with Crippen LogP contribution >= 0.6 is 0 Å².